The van der Waals surface area contributed by atoms with Crippen molar-refractivity contribution in [2.75, 3.05) is 6.61 Å². The molecular weight excluding hydrogens is 208 g/mol. The van der Waals surface area contributed by atoms with E-state index in [4.69, 9.17) is 4.74 Å². The normalized spacial score (nSPS) is 10.5. The molecule has 0 saturated heterocycles. The van der Waals surface area contributed by atoms with E-state index in [0.717, 1.165) is 5.75 Å². The Bertz CT molecular complexity index is 320. The van der Waals surface area contributed by atoms with Crippen molar-refractivity contribution in [3.63, 3.8) is 0 Å². The Hall–Kier alpha value is -1.22. The van der Waals surface area contributed by atoms with E-state index in [0.29, 0.717) is 6.61 Å². The molecule has 1 rings (SSSR count). The second-order valence-electron chi connectivity index (χ2n) is 2.85. The lowest BCUT2D eigenvalue weighted by atomic mass is 10.2. The molecule has 0 aliphatic carbocycles. The quantitative estimate of drug-likeness (QED) is 0.566. The summed E-state index contributed by atoms with van der Waals surface area (Å²) in [6.07, 6.45) is 1.46. The van der Waals surface area contributed by atoms with Gasteiger partial charge in [-0.1, -0.05) is 30.3 Å². The maximum Gasteiger partial charge on any atom is 0.331 e. The Morgan fingerprint density at radius 3 is 2.80 bits per heavy atom. The number of carbonyl (C=O) groups excluding carboxylic acids is 1. The van der Waals surface area contributed by atoms with Crippen LogP contribution in [0.2, 0.25) is 0 Å². The smallest absolute Gasteiger partial charge is 0.331 e. The van der Waals surface area contributed by atoms with Gasteiger partial charge in [0.05, 0.1) is 6.61 Å². The summed E-state index contributed by atoms with van der Waals surface area (Å²) in [5.41, 5.74) is 1.25. The summed E-state index contributed by atoms with van der Waals surface area (Å²) in [6.45, 7) is 2.22. The van der Waals surface area contributed by atoms with Crippen molar-refractivity contribution in [3.8, 4) is 0 Å². The van der Waals surface area contributed by atoms with Crippen molar-refractivity contribution in [2.45, 2.75) is 12.7 Å². The van der Waals surface area contributed by atoms with Crippen LogP contribution in [0.1, 0.15) is 12.5 Å². The summed E-state index contributed by atoms with van der Waals surface area (Å²) >= 11 is 1.58. The van der Waals surface area contributed by atoms with Crippen LogP contribution in [-0.2, 0) is 15.3 Å². The summed E-state index contributed by atoms with van der Waals surface area (Å²) in [5, 5.41) is 1.77. The van der Waals surface area contributed by atoms with Gasteiger partial charge in [-0.25, -0.2) is 4.79 Å². The summed E-state index contributed by atoms with van der Waals surface area (Å²) in [7, 11) is 0. The lowest BCUT2D eigenvalue weighted by Gasteiger charge is -1.96. The minimum atomic E-state index is -0.280. The fourth-order valence-electron chi connectivity index (χ4n) is 1.01. The third-order valence-corrected chi connectivity index (χ3v) is 2.51. The molecule has 0 saturated carbocycles. The SMILES string of the molecule is CCOC(=O)/C=C/SCc1ccccc1. The fraction of sp³-hybridized carbons (Fsp3) is 0.250. The van der Waals surface area contributed by atoms with Crippen LogP contribution in [-0.4, -0.2) is 12.6 Å². The average molecular weight is 222 g/mol. The van der Waals surface area contributed by atoms with Gasteiger partial charge < -0.3 is 4.74 Å². The van der Waals surface area contributed by atoms with E-state index in [2.05, 4.69) is 12.1 Å². The van der Waals surface area contributed by atoms with Gasteiger partial charge in [0.2, 0.25) is 0 Å². The molecule has 0 unspecified atom stereocenters. The number of ether oxygens (including phenoxy) is 1. The number of hydrogen-bond donors (Lipinski definition) is 0. The largest absolute Gasteiger partial charge is 0.463 e. The van der Waals surface area contributed by atoms with E-state index in [1.807, 2.05) is 18.2 Å². The first kappa shape index (κ1) is 11.9. The number of esters is 1. The van der Waals surface area contributed by atoms with Crippen molar-refractivity contribution in [1.29, 1.82) is 0 Å². The zero-order chi connectivity index (χ0) is 10.9. The average Bonchev–Trinajstić information content (AvgIpc) is 2.26. The predicted octanol–water partition coefficient (Wildman–Crippen LogP) is 3.00. The van der Waals surface area contributed by atoms with Crippen LogP contribution < -0.4 is 0 Å². The number of hydrogen-bond acceptors (Lipinski definition) is 3. The second kappa shape index (κ2) is 7.12. The van der Waals surface area contributed by atoms with E-state index in [1.54, 1.807) is 24.1 Å². The molecule has 3 heteroatoms. The third kappa shape index (κ3) is 5.27. The van der Waals surface area contributed by atoms with Gasteiger partial charge in [-0.3, -0.25) is 0 Å². The van der Waals surface area contributed by atoms with E-state index < -0.39 is 0 Å². The minimum absolute atomic E-state index is 0.280. The number of carbonyl (C=O) groups is 1. The molecule has 0 N–H and O–H groups in total. The first-order valence-corrected chi connectivity index (χ1v) is 5.86. The highest BCUT2D eigenvalue weighted by atomic mass is 32.2. The van der Waals surface area contributed by atoms with Crippen molar-refractivity contribution >= 4 is 17.7 Å². The zero-order valence-corrected chi connectivity index (χ0v) is 9.50. The van der Waals surface area contributed by atoms with E-state index in [1.165, 1.54) is 11.6 Å². The zero-order valence-electron chi connectivity index (χ0n) is 8.68. The van der Waals surface area contributed by atoms with Crippen molar-refractivity contribution in [1.82, 2.24) is 0 Å². The fourth-order valence-corrected chi connectivity index (χ4v) is 1.70. The van der Waals surface area contributed by atoms with Crippen LogP contribution in [0, 0.1) is 0 Å². The van der Waals surface area contributed by atoms with Gasteiger partial charge in [0, 0.05) is 11.8 Å². The molecule has 0 aliphatic heterocycles. The molecule has 0 aromatic heterocycles. The maximum absolute atomic E-state index is 10.9. The molecule has 2 nitrogen and oxygen atoms in total. The molecule has 1 aromatic rings. The monoisotopic (exact) mass is 222 g/mol. The van der Waals surface area contributed by atoms with Crippen LogP contribution in [0.3, 0.4) is 0 Å². The Morgan fingerprint density at radius 1 is 1.40 bits per heavy atom. The number of benzene rings is 1. The Balaban J connectivity index is 2.24. The number of thioether (sulfide) groups is 1. The van der Waals surface area contributed by atoms with E-state index in [-0.39, 0.29) is 5.97 Å². The molecule has 0 bridgehead atoms. The maximum atomic E-state index is 10.9. The molecule has 80 valence electrons. The van der Waals surface area contributed by atoms with Crippen molar-refractivity contribution in [3.05, 3.63) is 47.4 Å². The van der Waals surface area contributed by atoms with Gasteiger partial charge in [0.15, 0.2) is 0 Å². The highest BCUT2D eigenvalue weighted by Crippen LogP contribution is 2.12. The van der Waals surface area contributed by atoms with Crippen LogP contribution in [0.25, 0.3) is 0 Å². The molecule has 0 radical (unpaired) electrons. The second-order valence-corrected chi connectivity index (χ2v) is 3.75. The lowest BCUT2D eigenvalue weighted by molar-refractivity contribution is -0.137. The van der Waals surface area contributed by atoms with Crippen LogP contribution in [0.5, 0.6) is 0 Å². The molecule has 1 aromatic carbocycles. The van der Waals surface area contributed by atoms with Crippen LogP contribution >= 0.6 is 11.8 Å². The van der Waals surface area contributed by atoms with Gasteiger partial charge in [0.1, 0.15) is 0 Å². The summed E-state index contributed by atoms with van der Waals surface area (Å²) < 4.78 is 4.76. The molecule has 0 atom stereocenters. The molecule has 15 heavy (non-hydrogen) atoms. The summed E-state index contributed by atoms with van der Waals surface area (Å²) in [4.78, 5) is 10.9. The van der Waals surface area contributed by atoms with Crippen LogP contribution in [0.15, 0.2) is 41.8 Å². The lowest BCUT2D eigenvalue weighted by Crippen LogP contribution is -1.98. The van der Waals surface area contributed by atoms with Gasteiger partial charge in [-0.05, 0) is 17.9 Å². The Morgan fingerprint density at radius 2 is 2.13 bits per heavy atom. The number of rotatable bonds is 5. The standard InChI is InChI=1S/C12H14O2S/c1-2-14-12(13)8-9-15-10-11-6-4-3-5-7-11/h3-9H,2,10H2,1H3/b9-8+. The van der Waals surface area contributed by atoms with Gasteiger partial charge in [-0.2, -0.15) is 0 Å². The minimum Gasteiger partial charge on any atom is -0.463 e. The first-order valence-electron chi connectivity index (χ1n) is 4.81. The molecular formula is C12H14O2S. The topological polar surface area (TPSA) is 26.3 Å². The molecule has 0 spiro atoms. The third-order valence-electron chi connectivity index (χ3n) is 1.68. The van der Waals surface area contributed by atoms with Gasteiger partial charge in [-0.15, -0.1) is 11.8 Å². The molecule has 0 amide bonds. The molecule has 0 aliphatic rings. The highest BCUT2D eigenvalue weighted by Gasteiger charge is 1.93. The Labute approximate surface area is 94.3 Å². The predicted molar refractivity (Wildman–Crippen MR) is 63.5 cm³/mol. The molecule has 0 fully saturated rings. The first-order chi connectivity index (χ1) is 7.33. The van der Waals surface area contributed by atoms with Crippen molar-refractivity contribution < 1.29 is 9.53 Å². The molecule has 0 heterocycles. The van der Waals surface area contributed by atoms with Crippen molar-refractivity contribution in [2.24, 2.45) is 0 Å². The summed E-state index contributed by atoms with van der Waals surface area (Å²) in [5.74, 6) is 0.592. The van der Waals surface area contributed by atoms with Gasteiger partial charge in [0.25, 0.3) is 0 Å². The highest BCUT2D eigenvalue weighted by molar-refractivity contribution is 8.01. The summed E-state index contributed by atoms with van der Waals surface area (Å²) in [6, 6.07) is 10.1. The Kier molecular flexibility index (Phi) is 5.63. The van der Waals surface area contributed by atoms with Crippen LogP contribution in [0.4, 0.5) is 0 Å². The van der Waals surface area contributed by atoms with Gasteiger partial charge >= 0.3 is 5.97 Å². The van der Waals surface area contributed by atoms with E-state index in [9.17, 15) is 4.79 Å². The van der Waals surface area contributed by atoms with E-state index >= 15 is 0 Å².